The number of benzene rings is 13. The molecule has 14 rings (SSSR count). The normalized spacial score (nSPS) is 11.4. The van der Waals surface area contributed by atoms with Crippen molar-refractivity contribution in [2.45, 2.75) is 0 Å². The van der Waals surface area contributed by atoms with Crippen molar-refractivity contribution in [3.05, 3.63) is 303 Å². The van der Waals surface area contributed by atoms with Crippen molar-refractivity contribution in [2.24, 2.45) is 0 Å². The maximum Gasteiger partial charge on any atom is 0.0553 e. The number of para-hydroxylation sites is 1. The molecule has 0 bridgehead atoms. The number of fused-ring (bicyclic) bond motifs is 5. The van der Waals surface area contributed by atoms with Crippen molar-refractivity contribution in [2.75, 3.05) is 4.90 Å². The molecule has 0 spiro atoms. The molecule has 1 heterocycles. The van der Waals surface area contributed by atoms with Crippen molar-refractivity contribution in [3.8, 4) is 72.4 Å². The second-order valence-electron chi connectivity index (χ2n) is 19.7. The van der Waals surface area contributed by atoms with E-state index in [4.69, 9.17) is 0 Å². The van der Waals surface area contributed by atoms with Gasteiger partial charge in [-0.25, -0.2) is 0 Å². The fourth-order valence-electron chi connectivity index (χ4n) is 11.4. The van der Waals surface area contributed by atoms with Crippen LogP contribution in [0.1, 0.15) is 0 Å². The lowest BCUT2D eigenvalue weighted by Crippen LogP contribution is -2.10. The minimum atomic E-state index is 1.07. The average Bonchev–Trinajstić information content (AvgIpc) is 3.91. The van der Waals surface area contributed by atoms with Crippen molar-refractivity contribution in [3.63, 3.8) is 0 Å². The van der Waals surface area contributed by atoms with E-state index in [1.54, 1.807) is 0 Å². The molecule has 0 fully saturated rings. The zero-order valence-electron chi connectivity index (χ0n) is 41.8. The Kier molecular flexibility index (Phi) is 11.2. The number of nitrogens with zero attached hydrogens (tertiary/aromatic N) is 2. The smallest absolute Gasteiger partial charge is 0.0553 e. The number of aromatic nitrogens is 1. The van der Waals surface area contributed by atoms with Gasteiger partial charge in [-0.3, -0.25) is 0 Å². The Labute approximate surface area is 443 Å². The van der Waals surface area contributed by atoms with E-state index in [0.717, 1.165) is 33.8 Å². The Morgan fingerprint density at radius 3 is 1.42 bits per heavy atom. The Hall–Kier alpha value is -10.0. The van der Waals surface area contributed by atoms with Crippen molar-refractivity contribution < 1.29 is 0 Å². The van der Waals surface area contributed by atoms with Crippen LogP contribution in [-0.4, -0.2) is 4.57 Å². The summed E-state index contributed by atoms with van der Waals surface area (Å²) in [6, 6.07) is 111. The first-order chi connectivity index (χ1) is 37.7. The molecule has 13 aromatic carbocycles. The highest BCUT2D eigenvalue weighted by atomic mass is 15.1. The lowest BCUT2D eigenvalue weighted by molar-refractivity contribution is 1.18. The third-order valence-corrected chi connectivity index (χ3v) is 15.2. The van der Waals surface area contributed by atoms with Gasteiger partial charge in [0, 0.05) is 33.5 Å². The quantitative estimate of drug-likeness (QED) is 0.133. The summed E-state index contributed by atoms with van der Waals surface area (Å²) in [5, 5.41) is 7.42. The summed E-state index contributed by atoms with van der Waals surface area (Å²) in [6.45, 7) is 0. The van der Waals surface area contributed by atoms with E-state index in [-0.39, 0.29) is 0 Å². The number of hydrogen-bond donors (Lipinski definition) is 0. The topological polar surface area (TPSA) is 8.17 Å². The van der Waals surface area contributed by atoms with Crippen LogP contribution >= 0.6 is 0 Å². The molecule has 0 aliphatic carbocycles. The van der Waals surface area contributed by atoms with Crippen LogP contribution in [0.25, 0.3) is 116 Å². The third kappa shape index (κ3) is 8.19. The SMILES string of the molecule is c1ccc(-c2ccc3c4c(-c5cccc(N(c6ccc(-c7ccc(-c8cccc9ccccc89)cc7)cc6)c6ccc(-c7ccc8ccccc8c7)cc6)c5)cc(-c5ccccc5)cc4n(-c4ccccc4)c3c2)cc1. The zero-order chi connectivity index (χ0) is 50.4. The number of hydrogen-bond acceptors (Lipinski definition) is 1. The van der Waals surface area contributed by atoms with Gasteiger partial charge in [0.05, 0.1) is 11.0 Å². The number of rotatable bonds is 10. The Morgan fingerprint density at radius 2 is 0.711 bits per heavy atom. The van der Waals surface area contributed by atoms with E-state index in [9.17, 15) is 0 Å². The first-order valence-corrected chi connectivity index (χ1v) is 26.1. The van der Waals surface area contributed by atoms with Gasteiger partial charge in [-0.2, -0.15) is 0 Å². The van der Waals surface area contributed by atoms with Gasteiger partial charge < -0.3 is 9.47 Å². The Balaban J connectivity index is 0.917. The molecule has 356 valence electrons. The molecule has 0 aliphatic rings. The molecule has 0 amide bonds. The zero-order valence-corrected chi connectivity index (χ0v) is 41.8. The summed E-state index contributed by atoms with van der Waals surface area (Å²) in [5.74, 6) is 0. The fraction of sp³-hybridized carbons (Fsp3) is 0. The maximum atomic E-state index is 2.46. The van der Waals surface area contributed by atoms with E-state index in [1.165, 1.54) is 99.0 Å². The Morgan fingerprint density at radius 1 is 0.224 bits per heavy atom. The van der Waals surface area contributed by atoms with Gasteiger partial charge in [0.2, 0.25) is 0 Å². The molecule has 0 N–H and O–H groups in total. The molecule has 76 heavy (non-hydrogen) atoms. The van der Waals surface area contributed by atoms with Gasteiger partial charge in [0.15, 0.2) is 0 Å². The predicted octanol–water partition coefficient (Wildman–Crippen LogP) is 20.6. The lowest BCUT2D eigenvalue weighted by Gasteiger charge is -2.26. The molecule has 1 aromatic heterocycles. The lowest BCUT2D eigenvalue weighted by atomic mass is 9.93. The van der Waals surface area contributed by atoms with Crippen molar-refractivity contribution in [1.29, 1.82) is 0 Å². The first kappa shape index (κ1) is 44.7. The molecule has 0 saturated carbocycles. The van der Waals surface area contributed by atoms with Crippen LogP contribution in [0.2, 0.25) is 0 Å². The molecule has 2 nitrogen and oxygen atoms in total. The van der Waals surface area contributed by atoms with E-state index < -0.39 is 0 Å². The minimum Gasteiger partial charge on any atom is -0.310 e. The summed E-state index contributed by atoms with van der Waals surface area (Å²) in [4.78, 5) is 2.40. The second-order valence-corrected chi connectivity index (χ2v) is 19.7. The van der Waals surface area contributed by atoms with Gasteiger partial charge in [-0.15, -0.1) is 0 Å². The molecule has 0 saturated heterocycles. The first-order valence-electron chi connectivity index (χ1n) is 26.1. The fourth-order valence-corrected chi connectivity index (χ4v) is 11.4. The highest BCUT2D eigenvalue weighted by molar-refractivity contribution is 6.18. The number of anilines is 3. The van der Waals surface area contributed by atoms with Crippen LogP contribution in [0, 0.1) is 0 Å². The van der Waals surface area contributed by atoms with Crippen molar-refractivity contribution in [1.82, 2.24) is 4.57 Å². The molecule has 0 unspecified atom stereocenters. The second kappa shape index (κ2) is 19.1. The monoisotopic (exact) mass is 966 g/mol. The van der Waals surface area contributed by atoms with Gasteiger partial charge >= 0.3 is 0 Å². The van der Waals surface area contributed by atoms with Crippen LogP contribution in [-0.2, 0) is 0 Å². The highest BCUT2D eigenvalue weighted by Gasteiger charge is 2.21. The van der Waals surface area contributed by atoms with Crippen LogP contribution in [0.5, 0.6) is 0 Å². The molecule has 2 heteroatoms. The van der Waals surface area contributed by atoms with Crippen LogP contribution in [0.15, 0.2) is 303 Å². The standard InChI is InChI=1S/C74H50N2/c1-4-16-51(17-5-1)61-40-45-70-72(49-61)76(64-25-8-3-9-26-64)73-50-63(52-18-6-2-7-19-52)48-71(74(70)73)62-24-14-27-67(47-62)75(66-43-38-56(39-44-66)60-35-32-53-20-10-11-22-59(53)46-60)65-41-36-55(37-42-65)54-30-33-58(34-31-54)69-29-15-23-57-21-12-13-28-68(57)69/h1-50H. The molecule has 14 aromatic rings. The van der Waals surface area contributed by atoms with E-state index in [2.05, 4.69) is 313 Å². The van der Waals surface area contributed by atoms with E-state index >= 15 is 0 Å². The summed E-state index contributed by atoms with van der Waals surface area (Å²) >= 11 is 0. The predicted molar refractivity (Wildman–Crippen MR) is 323 cm³/mol. The summed E-state index contributed by atoms with van der Waals surface area (Å²) in [6.07, 6.45) is 0. The third-order valence-electron chi connectivity index (χ3n) is 15.2. The molecular weight excluding hydrogens is 917 g/mol. The van der Waals surface area contributed by atoms with Gasteiger partial charge in [-0.1, -0.05) is 231 Å². The maximum absolute atomic E-state index is 2.46. The van der Waals surface area contributed by atoms with Gasteiger partial charge in [0.1, 0.15) is 0 Å². The molecule has 0 radical (unpaired) electrons. The van der Waals surface area contributed by atoms with Crippen LogP contribution < -0.4 is 4.90 Å². The molecular formula is C74H50N2. The summed E-state index contributed by atoms with van der Waals surface area (Å²) < 4.78 is 2.46. The van der Waals surface area contributed by atoms with Crippen molar-refractivity contribution >= 4 is 60.4 Å². The summed E-state index contributed by atoms with van der Waals surface area (Å²) in [7, 11) is 0. The highest BCUT2D eigenvalue weighted by Crippen LogP contribution is 2.45. The van der Waals surface area contributed by atoms with Crippen LogP contribution in [0.4, 0.5) is 17.1 Å². The average molecular weight is 967 g/mol. The largest absolute Gasteiger partial charge is 0.310 e. The van der Waals surface area contributed by atoms with E-state index in [0.29, 0.717) is 0 Å². The van der Waals surface area contributed by atoms with Crippen LogP contribution in [0.3, 0.4) is 0 Å². The van der Waals surface area contributed by atoms with Gasteiger partial charge in [-0.05, 0) is 161 Å². The Bertz CT molecular complexity index is 4400. The van der Waals surface area contributed by atoms with E-state index in [1.807, 2.05) is 0 Å². The summed E-state index contributed by atoms with van der Waals surface area (Å²) in [5.41, 5.74) is 20.9. The minimum absolute atomic E-state index is 1.07. The molecule has 0 aliphatic heterocycles. The molecule has 0 atom stereocenters. The van der Waals surface area contributed by atoms with Gasteiger partial charge in [0.25, 0.3) is 0 Å².